The molecule has 0 bridgehead atoms. The van der Waals surface area contributed by atoms with Crippen molar-refractivity contribution >= 4 is 0 Å². The Hall–Kier alpha value is -0.860. The summed E-state index contributed by atoms with van der Waals surface area (Å²) in [6.07, 6.45) is 3.40. The van der Waals surface area contributed by atoms with Crippen LogP contribution >= 0.6 is 0 Å². The molecule has 1 aliphatic carbocycles. The lowest BCUT2D eigenvalue weighted by atomic mass is 10.1. The minimum absolute atomic E-state index is 0.412. The highest BCUT2D eigenvalue weighted by Gasteiger charge is 2.20. The van der Waals surface area contributed by atoms with E-state index in [1.54, 1.807) is 0 Å². The molecule has 2 rings (SSSR count). The van der Waals surface area contributed by atoms with Crippen LogP contribution < -0.4 is 0 Å². The molecule has 16 heavy (non-hydrogen) atoms. The molecule has 0 aliphatic heterocycles. The predicted octanol–water partition coefficient (Wildman–Crippen LogP) is 2.85. The Morgan fingerprint density at radius 2 is 2.00 bits per heavy atom. The van der Waals surface area contributed by atoms with E-state index < -0.39 is 6.10 Å². The van der Waals surface area contributed by atoms with Crippen LogP contribution in [0.3, 0.4) is 0 Å². The van der Waals surface area contributed by atoms with E-state index in [1.165, 1.54) is 18.4 Å². The first-order valence-electron chi connectivity index (χ1n) is 6.08. The topological polar surface area (TPSA) is 29.5 Å². The van der Waals surface area contributed by atoms with Crippen LogP contribution in [0.1, 0.15) is 36.5 Å². The van der Waals surface area contributed by atoms with E-state index in [-0.39, 0.29) is 0 Å². The number of hydrogen-bond donors (Lipinski definition) is 1. The summed E-state index contributed by atoms with van der Waals surface area (Å²) in [6.45, 7) is 3.24. The summed E-state index contributed by atoms with van der Waals surface area (Å²) in [5.41, 5.74) is 2.16. The van der Waals surface area contributed by atoms with Gasteiger partial charge >= 0.3 is 0 Å². The second-order valence-corrected chi connectivity index (χ2v) is 4.73. The van der Waals surface area contributed by atoms with Crippen molar-refractivity contribution in [3.05, 3.63) is 35.4 Å². The summed E-state index contributed by atoms with van der Waals surface area (Å²) in [4.78, 5) is 0. The standard InChI is InChI=1S/C14H20O2/c1-11-2-6-13(7-3-11)14(15)10-16-9-8-12-4-5-12/h2-3,6-7,12,14-15H,4-5,8-10H2,1H3. The third-order valence-corrected chi connectivity index (χ3v) is 3.11. The van der Waals surface area contributed by atoms with Gasteiger partial charge in [0.05, 0.1) is 6.61 Å². The summed E-state index contributed by atoms with van der Waals surface area (Å²) in [5, 5.41) is 9.87. The van der Waals surface area contributed by atoms with Crippen LogP contribution in [0.4, 0.5) is 0 Å². The lowest BCUT2D eigenvalue weighted by Gasteiger charge is -2.11. The molecule has 1 aromatic rings. The van der Waals surface area contributed by atoms with Crippen molar-refractivity contribution in [2.24, 2.45) is 5.92 Å². The molecule has 1 unspecified atom stereocenters. The quantitative estimate of drug-likeness (QED) is 0.747. The molecule has 0 radical (unpaired) electrons. The van der Waals surface area contributed by atoms with Crippen LogP contribution in [-0.4, -0.2) is 18.3 Å². The molecule has 2 heteroatoms. The molecule has 88 valence electrons. The lowest BCUT2D eigenvalue weighted by molar-refractivity contribution is 0.0336. The van der Waals surface area contributed by atoms with Gasteiger partial charge in [-0.15, -0.1) is 0 Å². The van der Waals surface area contributed by atoms with Crippen LogP contribution in [0, 0.1) is 12.8 Å². The van der Waals surface area contributed by atoms with Gasteiger partial charge in [0, 0.05) is 6.61 Å². The van der Waals surface area contributed by atoms with Crippen LogP contribution in [0.15, 0.2) is 24.3 Å². The van der Waals surface area contributed by atoms with Crippen molar-refractivity contribution in [3.8, 4) is 0 Å². The fourth-order valence-electron chi connectivity index (χ4n) is 1.74. The van der Waals surface area contributed by atoms with E-state index in [0.29, 0.717) is 6.61 Å². The zero-order chi connectivity index (χ0) is 11.4. The maximum absolute atomic E-state index is 9.87. The molecule has 1 aromatic carbocycles. The van der Waals surface area contributed by atoms with Crippen LogP contribution in [0.25, 0.3) is 0 Å². The molecule has 0 saturated heterocycles. The summed E-state index contributed by atoms with van der Waals surface area (Å²) in [7, 11) is 0. The number of ether oxygens (including phenoxy) is 1. The van der Waals surface area contributed by atoms with Crippen LogP contribution in [0.5, 0.6) is 0 Å². The maximum Gasteiger partial charge on any atom is 0.102 e. The van der Waals surface area contributed by atoms with Crippen LogP contribution in [0.2, 0.25) is 0 Å². The van der Waals surface area contributed by atoms with Crippen LogP contribution in [-0.2, 0) is 4.74 Å². The van der Waals surface area contributed by atoms with E-state index in [4.69, 9.17) is 4.74 Å². The van der Waals surface area contributed by atoms with Gasteiger partial charge in [-0.3, -0.25) is 0 Å². The van der Waals surface area contributed by atoms with Gasteiger partial charge in [-0.2, -0.15) is 0 Å². The number of benzene rings is 1. The van der Waals surface area contributed by atoms with E-state index >= 15 is 0 Å². The number of aliphatic hydroxyl groups is 1. The molecule has 0 spiro atoms. The highest BCUT2D eigenvalue weighted by molar-refractivity contribution is 5.23. The molecule has 1 N–H and O–H groups in total. The molecule has 1 saturated carbocycles. The molecule has 2 nitrogen and oxygen atoms in total. The zero-order valence-corrected chi connectivity index (χ0v) is 9.86. The van der Waals surface area contributed by atoms with Gasteiger partial charge in [0.2, 0.25) is 0 Å². The van der Waals surface area contributed by atoms with E-state index in [1.807, 2.05) is 31.2 Å². The van der Waals surface area contributed by atoms with E-state index in [2.05, 4.69) is 0 Å². The first kappa shape index (κ1) is 11.6. The predicted molar refractivity (Wildman–Crippen MR) is 64.3 cm³/mol. The molecular formula is C14H20O2. The van der Waals surface area contributed by atoms with Crippen molar-refractivity contribution in [2.45, 2.75) is 32.3 Å². The summed E-state index contributed by atoms with van der Waals surface area (Å²) < 4.78 is 5.48. The molecule has 1 fully saturated rings. The minimum atomic E-state index is -0.486. The number of aliphatic hydroxyl groups excluding tert-OH is 1. The third-order valence-electron chi connectivity index (χ3n) is 3.11. The Kier molecular flexibility index (Phi) is 3.97. The SMILES string of the molecule is Cc1ccc(C(O)COCCC2CC2)cc1. The van der Waals surface area contributed by atoms with Crippen molar-refractivity contribution in [3.63, 3.8) is 0 Å². The minimum Gasteiger partial charge on any atom is -0.386 e. The van der Waals surface area contributed by atoms with Gasteiger partial charge in [0.1, 0.15) is 6.10 Å². The van der Waals surface area contributed by atoms with Crippen molar-refractivity contribution in [1.82, 2.24) is 0 Å². The Morgan fingerprint density at radius 3 is 2.62 bits per heavy atom. The summed E-state index contributed by atoms with van der Waals surface area (Å²) in [5.74, 6) is 0.900. The van der Waals surface area contributed by atoms with Gasteiger partial charge in [-0.05, 0) is 24.8 Å². The maximum atomic E-state index is 9.87. The second kappa shape index (κ2) is 5.46. The fraction of sp³-hybridized carbons (Fsp3) is 0.571. The van der Waals surface area contributed by atoms with Crippen molar-refractivity contribution in [1.29, 1.82) is 0 Å². The number of rotatable bonds is 6. The number of hydrogen-bond acceptors (Lipinski definition) is 2. The summed E-state index contributed by atoms with van der Waals surface area (Å²) >= 11 is 0. The molecule has 1 aliphatic rings. The highest BCUT2D eigenvalue weighted by Crippen LogP contribution is 2.32. The average Bonchev–Trinajstić information content (AvgIpc) is 3.09. The normalized spacial score (nSPS) is 17.4. The zero-order valence-electron chi connectivity index (χ0n) is 9.86. The highest BCUT2D eigenvalue weighted by atomic mass is 16.5. The lowest BCUT2D eigenvalue weighted by Crippen LogP contribution is -2.08. The van der Waals surface area contributed by atoms with E-state index in [0.717, 1.165) is 24.5 Å². The Bertz CT molecular complexity index is 314. The monoisotopic (exact) mass is 220 g/mol. The van der Waals surface area contributed by atoms with Gasteiger partial charge < -0.3 is 9.84 Å². The van der Waals surface area contributed by atoms with Gasteiger partial charge in [-0.1, -0.05) is 42.7 Å². The van der Waals surface area contributed by atoms with Gasteiger partial charge in [-0.25, -0.2) is 0 Å². The molecule has 0 aromatic heterocycles. The molecule has 1 atom stereocenters. The Labute approximate surface area is 97.3 Å². The Morgan fingerprint density at radius 1 is 1.31 bits per heavy atom. The Balaban J connectivity index is 1.69. The first-order chi connectivity index (χ1) is 7.75. The number of aryl methyl sites for hydroxylation is 1. The third kappa shape index (κ3) is 3.62. The van der Waals surface area contributed by atoms with Crippen molar-refractivity contribution in [2.75, 3.05) is 13.2 Å². The molecular weight excluding hydrogens is 200 g/mol. The summed E-state index contributed by atoms with van der Waals surface area (Å²) in [6, 6.07) is 7.96. The molecule has 0 amide bonds. The second-order valence-electron chi connectivity index (χ2n) is 4.73. The molecule has 0 heterocycles. The van der Waals surface area contributed by atoms with Gasteiger partial charge in [0.25, 0.3) is 0 Å². The average molecular weight is 220 g/mol. The van der Waals surface area contributed by atoms with Gasteiger partial charge in [0.15, 0.2) is 0 Å². The first-order valence-corrected chi connectivity index (χ1v) is 6.08. The van der Waals surface area contributed by atoms with Crippen molar-refractivity contribution < 1.29 is 9.84 Å². The smallest absolute Gasteiger partial charge is 0.102 e. The van der Waals surface area contributed by atoms with E-state index in [9.17, 15) is 5.11 Å². The largest absolute Gasteiger partial charge is 0.386 e. The fourth-order valence-corrected chi connectivity index (χ4v) is 1.74.